The van der Waals surface area contributed by atoms with Gasteiger partial charge in [0.25, 0.3) is 11.6 Å². The molecule has 0 aromatic heterocycles. The molecule has 2 aromatic carbocycles. The molecule has 0 saturated heterocycles. The van der Waals surface area contributed by atoms with Gasteiger partial charge in [-0.15, -0.1) is 0 Å². The van der Waals surface area contributed by atoms with Crippen molar-refractivity contribution < 1.29 is 19.2 Å². The van der Waals surface area contributed by atoms with Gasteiger partial charge in [0.1, 0.15) is 11.4 Å². The molecule has 0 aliphatic carbocycles. The zero-order valence-electron chi connectivity index (χ0n) is 15.1. The van der Waals surface area contributed by atoms with Gasteiger partial charge < -0.3 is 15.0 Å². The first-order valence-electron chi connectivity index (χ1n) is 7.95. The van der Waals surface area contributed by atoms with Crippen molar-refractivity contribution in [2.24, 2.45) is 0 Å². The summed E-state index contributed by atoms with van der Waals surface area (Å²) < 4.78 is 4.70. The number of carbonyl (C=O) groups excluding carboxylic acids is 2. The number of nitro groups is 1. The molecular weight excluding hydrogens is 350 g/mol. The third-order valence-corrected chi connectivity index (χ3v) is 3.68. The minimum atomic E-state index is -0.765. The van der Waals surface area contributed by atoms with Crippen molar-refractivity contribution >= 4 is 29.3 Å². The first-order chi connectivity index (χ1) is 12.8. The van der Waals surface area contributed by atoms with E-state index in [4.69, 9.17) is 4.74 Å². The summed E-state index contributed by atoms with van der Waals surface area (Å²) >= 11 is 0. The number of hydrogen-bond donors (Lipinski definition) is 1. The number of anilines is 1. The van der Waals surface area contributed by atoms with Crippen LogP contribution in [0.25, 0.3) is 6.08 Å². The maximum atomic E-state index is 12.3. The summed E-state index contributed by atoms with van der Waals surface area (Å²) in [4.78, 5) is 36.8. The van der Waals surface area contributed by atoms with Crippen LogP contribution in [-0.2, 0) is 9.53 Å². The first-order valence-corrected chi connectivity index (χ1v) is 7.95. The predicted octanol–water partition coefficient (Wildman–Crippen LogP) is 2.60. The van der Waals surface area contributed by atoms with E-state index in [0.29, 0.717) is 16.8 Å². The summed E-state index contributed by atoms with van der Waals surface area (Å²) in [5.74, 6) is -1.26. The number of benzene rings is 2. The molecule has 0 aliphatic rings. The minimum absolute atomic E-state index is 0.118. The van der Waals surface area contributed by atoms with Gasteiger partial charge in [-0.05, 0) is 29.8 Å². The second kappa shape index (κ2) is 8.61. The molecule has 0 aliphatic heterocycles. The molecule has 0 unspecified atom stereocenters. The Kier molecular flexibility index (Phi) is 6.27. The van der Waals surface area contributed by atoms with E-state index in [-0.39, 0.29) is 11.4 Å². The fourth-order valence-electron chi connectivity index (χ4n) is 2.36. The SMILES string of the molecule is COC(=O)C(=Cc1ccc(N(C)C)c([N+](=O)[O-])c1)NC(=O)c1ccccc1. The lowest BCUT2D eigenvalue weighted by molar-refractivity contribution is -0.384. The van der Waals surface area contributed by atoms with Crippen LogP contribution in [0.15, 0.2) is 54.2 Å². The van der Waals surface area contributed by atoms with Crippen LogP contribution in [0.2, 0.25) is 0 Å². The third kappa shape index (κ3) is 4.91. The van der Waals surface area contributed by atoms with Gasteiger partial charge >= 0.3 is 5.97 Å². The number of nitrogens with one attached hydrogen (secondary N) is 1. The number of carbonyl (C=O) groups is 2. The molecule has 0 radical (unpaired) electrons. The van der Waals surface area contributed by atoms with E-state index in [2.05, 4.69) is 5.32 Å². The van der Waals surface area contributed by atoms with Gasteiger partial charge in [-0.25, -0.2) is 4.79 Å². The van der Waals surface area contributed by atoms with Gasteiger partial charge in [0, 0.05) is 25.7 Å². The molecule has 8 heteroatoms. The van der Waals surface area contributed by atoms with Crippen LogP contribution in [-0.4, -0.2) is 38.0 Å². The van der Waals surface area contributed by atoms with Crippen LogP contribution in [0.1, 0.15) is 15.9 Å². The number of hydrogen-bond acceptors (Lipinski definition) is 6. The Morgan fingerprint density at radius 1 is 1.15 bits per heavy atom. The van der Waals surface area contributed by atoms with E-state index in [0.717, 1.165) is 0 Å². The summed E-state index contributed by atoms with van der Waals surface area (Å²) in [6.45, 7) is 0. The van der Waals surface area contributed by atoms with Crippen molar-refractivity contribution in [1.29, 1.82) is 0 Å². The Labute approximate surface area is 156 Å². The highest BCUT2D eigenvalue weighted by Crippen LogP contribution is 2.28. The summed E-state index contributed by atoms with van der Waals surface area (Å²) in [6.07, 6.45) is 1.33. The van der Waals surface area contributed by atoms with Crippen LogP contribution in [0, 0.1) is 10.1 Å². The van der Waals surface area contributed by atoms with Gasteiger partial charge in [-0.3, -0.25) is 14.9 Å². The lowest BCUT2D eigenvalue weighted by Gasteiger charge is -2.13. The Morgan fingerprint density at radius 3 is 2.37 bits per heavy atom. The van der Waals surface area contributed by atoms with Crippen LogP contribution in [0.5, 0.6) is 0 Å². The number of esters is 1. The summed E-state index contributed by atoms with van der Waals surface area (Å²) in [5, 5.41) is 13.8. The quantitative estimate of drug-likeness (QED) is 0.363. The van der Waals surface area contributed by atoms with E-state index in [1.54, 1.807) is 61.5 Å². The highest BCUT2D eigenvalue weighted by molar-refractivity contribution is 6.03. The third-order valence-electron chi connectivity index (χ3n) is 3.68. The van der Waals surface area contributed by atoms with Gasteiger partial charge in [0.2, 0.25) is 0 Å². The lowest BCUT2D eigenvalue weighted by Crippen LogP contribution is -2.28. The standard InChI is InChI=1S/C19H19N3O5/c1-21(2)16-10-9-13(12-17(16)22(25)26)11-15(19(24)27-3)20-18(23)14-7-5-4-6-8-14/h4-12H,1-3H3,(H,20,23). The van der Waals surface area contributed by atoms with Crippen LogP contribution >= 0.6 is 0 Å². The van der Waals surface area contributed by atoms with E-state index in [9.17, 15) is 19.7 Å². The molecule has 1 N–H and O–H groups in total. The predicted molar refractivity (Wildman–Crippen MR) is 101 cm³/mol. The Bertz CT molecular complexity index is 891. The monoisotopic (exact) mass is 369 g/mol. The van der Waals surface area contributed by atoms with Crippen molar-refractivity contribution in [1.82, 2.24) is 5.32 Å². The Hall–Kier alpha value is -3.68. The zero-order valence-corrected chi connectivity index (χ0v) is 15.1. The maximum absolute atomic E-state index is 12.3. The number of rotatable bonds is 6. The van der Waals surface area contributed by atoms with Crippen LogP contribution in [0.4, 0.5) is 11.4 Å². The van der Waals surface area contributed by atoms with Crippen molar-refractivity contribution in [2.75, 3.05) is 26.1 Å². The van der Waals surface area contributed by atoms with Crippen LogP contribution in [0.3, 0.4) is 0 Å². The van der Waals surface area contributed by atoms with Crippen molar-refractivity contribution in [2.45, 2.75) is 0 Å². The summed E-state index contributed by atoms with van der Waals surface area (Å²) in [6, 6.07) is 12.9. The van der Waals surface area contributed by atoms with Gasteiger partial charge in [-0.1, -0.05) is 24.3 Å². The van der Waals surface area contributed by atoms with E-state index in [1.807, 2.05) is 0 Å². The Balaban J connectivity index is 2.40. The number of nitro benzene ring substituents is 1. The molecule has 140 valence electrons. The molecular formula is C19H19N3O5. The number of nitrogens with zero attached hydrogens (tertiary/aromatic N) is 2. The molecule has 0 fully saturated rings. The zero-order chi connectivity index (χ0) is 20.0. The molecule has 2 aromatic rings. The average molecular weight is 369 g/mol. The minimum Gasteiger partial charge on any atom is -0.464 e. The van der Waals surface area contributed by atoms with E-state index < -0.39 is 16.8 Å². The molecule has 0 saturated carbocycles. The van der Waals surface area contributed by atoms with Crippen molar-refractivity contribution in [3.05, 3.63) is 75.5 Å². The van der Waals surface area contributed by atoms with Gasteiger partial charge in [0.05, 0.1) is 12.0 Å². The molecule has 27 heavy (non-hydrogen) atoms. The number of ether oxygens (including phenoxy) is 1. The molecule has 2 rings (SSSR count). The number of amides is 1. The van der Waals surface area contributed by atoms with Gasteiger partial charge in [0.15, 0.2) is 0 Å². The first kappa shape index (κ1) is 19.6. The van der Waals surface area contributed by atoms with E-state index >= 15 is 0 Å². The fourth-order valence-corrected chi connectivity index (χ4v) is 2.36. The van der Waals surface area contributed by atoms with Crippen LogP contribution < -0.4 is 10.2 Å². The second-order valence-corrected chi connectivity index (χ2v) is 5.77. The Morgan fingerprint density at radius 2 is 1.81 bits per heavy atom. The topological polar surface area (TPSA) is 102 Å². The van der Waals surface area contributed by atoms with E-state index in [1.165, 1.54) is 19.3 Å². The lowest BCUT2D eigenvalue weighted by atomic mass is 10.1. The molecule has 0 spiro atoms. The highest BCUT2D eigenvalue weighted by Gasteiger charge is 2.18. The summed E-state index contributed by atoms with van der Waals surface area (Å²) in [5.41, 5.74) is 0.915. The molecule has 1 amide bonds. The maximum Gasteiger partial charge on any atom is 0.354 e. The van der Waals surface area contributed by atoms with Crippen molar-refractivity contribution in [3.8, 4) is 0 Å². The number of methoxy groups -OCH3 is 1. The summed E-state index contributed by atoms with van der Waals surface area (Å²) in [7, 11) is 4.57. The highest BCUT2D eigenvalue weighted by atomic mass is 16.6. The fraction of sp³-hybridized carbons (Fsp3) is 0.158. The second-order valence-electron chi connectivity index (χ2n) is 5.77. The normalized spacial score (nSPS) is 10.9. The molecule has 0 bridgehead atoms. The molecule has 0 heterocycles. The average Bonchev–Trinajstić information content (AvgIpc) is 2.67. The molecule has 8 nitrogen and oxygen atoms in total. The van der Waals surface area contributed by atoms with Crippen molar-refractivity contribution in [3.63, 3.8) is 0 Å². The smallest absolute Gasteiger partial charge is 0.354 e. The largest absolute Gasteiger partial charge is 0.464 e. The van der Waals surface area contributed by atoms with Gasteiger partial charge in [-0.2, -0.15) is 0 Å². The molecule has 0 atom stereocenters.